The van der Waals surface area contributed by atoms with E-state index < -0.39 is 5.56 Å². The molecular formula is C19H24N6O2. The number of aryl methyl sites for hydroxylation is 1. The molecule has 8 heteroatoms. The van der Waals surface area contributed by atoms with E-state index in [9.17, 15) is 9.59 Å². The zero-order valence-electron chi connectivity index (χ0n) is 15.4. The van der Waals surface area contributed by atoms with Gasteiger partial charge in [-0.1, -0.05) is 0 Å². The maximum absolute atomic E-state index is 12.5. The number of nitrogens with one attached hydrogen (secondary N) is 1. The minimum atomic E-state index is -0.436. The van der Waals surface area contributed by atoms with Crippen molar-refractivity contribution in [3.8, 4) is 6.07 Å². The Labute approximate surface area is 156 Å². The molecule has 2 atom stereocenters. The van der Waals surface area contributed by atoms with E-state index in [-0.39, 0.29) is 23.7 Å². The highest BCUT2D eigenvalue weighted by Crippen LogP contribution is 2.39. The van der Waals surface area contributed by atoms with Crippen LogP contribution in [-0.2, 0) is 0 Å². The smallest absolute Gasteiger partial charge is 0.329 e. The van der Waals surface area contributed by atoms with Crippen molar-refractivity contribution in [3.05, 3.63) is 32.5 Å². The van der Waals surface area contributed by atoms with Gasteiger partial charge in [0.05, 0.1) is 23.4 Å². The lowest BCUT2D eigenvalue weighted by Crippen LogP contribution is -2.33. The molecule has 8 nitrogen and oxygen atoms in total. The summed E-state index contributed by atoms with van der Waals surface area (Å²) in [7, 11) is 0. The Kier molecular flexibility index (Phi) is 4.19. The lowest BCUT2D eigenvalue weighted by Gasteiger charge is -2.25. The van der Waals surface area contributed by atoms with Crippen molar-refractivity contribution >= 4 is 22.3 Å². The Morgan fingerprint density at radius 1 is 1.37 bits per heavy atom. The molecule has 0 spiro atoms. The molecule has 27 heavy (non-hydrogen) atoms. The number of aromatic amines is 1. The number of nitrogens with zero attached hydrogens (tertiary/aromatic N) is 3. The van der Waals surface area contributed by atoms with E-state index in [4.69, 9.17) is 16.7 Å². The fourth-order valence-electron chi connectivity index (χ4n) is 4.27. The molecule has 4 rings (SSSR count). The predicted octanol–water partition coefficient (Wildman–Crippen LogP) is 0.983. The van der Waals surface area contributed by atoms with Crippen molar-refractivity contribution in [3.63, 3.8) is 0 Å². The molecule has 1 saturated heterocycles. The number of hydrogen-bond acceptors (Lipinski definition) is 6. The van der Waals surface area contributed by atoms with Crippen LogP contribution in [0.15, 0.2) is 15.7 Å². The van der Waals surface area contributed by atoms with Crippen molar-refractivity contribution in [2.24, 2.45) is 11.7 Å². The Balaban J connectivity index is 1.83. The zero-order valence-corrected chi connectivity index (χ0v) is 15.4. The summed E-state index contributed by atoms with van der Waals surface area (Å²) in [5.74, 6) is 0.241. The molecule has 2 fully saturated rings. The van der Waals surface area contributed by atoms with Crippen LogP contribution in [0.5, 0.6) is 0 Å². The van der Waals surface area contributed by atoms with Crippen LogP contribution in [-0.4, -0.2) is 28.7 Å². The third-order valence-electron chi connectivity index (χ3n) is 5.87. The van der Waals surface area contributed by atoms with Crippen LogP contribution in [0.25, 0.3) is 10.9 Å². The molecule has 2 aromatic rings. The summed E-state index contributed by atoms with van der Waals surface area (Å²) in [6.45, 7) is 3.50. The molecule has 142 valence electrons. The summed E-state index contributed by atoms with van der Waals surface area (Å²) in [6.07, 6.45) is 3.11. The van der Waals surface area contributed by atoms with E-state index in [1.165, 1.54) is 0 Å². The highest BCUT2D eigenvalue weighted by molar-refractivity contribution is 5.96. The molecular weight excluding hydrogens is 344 g/mol. The summed E-state index contributed by atoms with van der Waals surface area (Å²) in [4.78, 5) is 29.5. The quantitative estimate of drug-likeness (QED) is 0.689. The number of fused-ring (bicyclic) bond motifs is 1. The van der Waals surface area contributed by atoms with Crippen molar-refractivity contribution in [1.82, 2.24) is 9.55 Å². The van der Waals surface area contributed by atoms with Crippen LogP contribution in [0.2, 0.25) is 0 Å². The topological polar surface area (TPSA) is 134 Å². The largest absolute Gasteiger partial charge is 0.398 e. The van der Waals surface area contributed by atoms with Gasteiger partial charge in [-0.15, -0.1) is 0 Å². The number of nitriles is 1. The highest BCUT2D eigenvalue weighted by Gasteiger charge is 2.32. The van der Waals surface area contributed by atoms with Gasteiger partial charge in [-0.2, -0.15) is 5.26 Å². The second kappa shape index (κ2) is 6.43. The van der Waals surface area contributed by atoms with Crippen LogP contribution in [0.4, 0.5) is 11.4 Å². The van der Waals surface area contributed by atoms with Gasteiger partial charge in [-0.05, 0) is 43.7 Å². The molecule has 0 amide bonds. The average molecular weight is 368 g/mol. The van der Waals surface area contributed by atoms with Gasteiger partial charge in [-0.3, -0.25) is 14.3 Å². The van der Waals surface area contributed by atoms with Gasteiger partial charge in [0.15, 0.2) is 0 Å². The summed E-state index contributed by atoms with van der Waals surface area (Å²) in [6, 6.07) is 3.95. The molecule has 1 aliphatic carbocycles. The molecule has 1 aromatic carbocycles. The predicted molar refractivity (Wildman–Crippen MR) is 105 cm³/mol. The van der Waals surface area contributed by atoms with Crippen LogP contribution >= 0.6 is 0 Å². The SMILES string of the molecule is Cc1c(N2CCC(C(N)CC#N)C2)cc(N)c2c(=O)[nH]c(=O)n(C3CC3)c12. The first-order valence-electron chi connectivity index (χ1n) is 9.37. The van der Waals surface area contributed by atoms with E-state index in [2.05, 4.69) is 16.0 Å². The Bertz CT molecular complexity index is 1060. The number of nitrogens with two attached hydrogens (primary N) is 2. The number of aromatic nitrogens is 2. The number of anilines is 2. The van der Waals surface area contributed by atoms with E-state index in [0.29, 0.717) is 23.0 Å². The number of H-pyrrole nitrogens is 1. The van der Waals surface area contributed by atoms with Gasteiger partial charge in [-0.25, -0.2) is 4.79 Å². The van der Waals surface area contributed by atoms with Crippen LogP contribution < -0.4 is 27.6 Å². The lowest BCUT2D eigenvalue weighted by molar-refractivity contribution is 0.464. The van der Waals surface area contributed by atoms with E-state index in [1.54, 1.807) is 4.57 Å². The summed E-state index contributed by atoms with van der Waals surface area (Å²) < 4.78 is 1.70. The fourth-order valence-corrected chi connectivity index (χ4v) is 4.27. The van der Waals surface area contributed by atoms with Crippen LogP contribution in [0.1, 0.15) is 37.3 Å². The summed E-state index contributed by atoms with van der Waals surface area (Å²) >= 11 is 0. The Hall–Kier alpha value is -2.79. The van der Waals surface area contributed by atoms with Crippen LogP contribution in [0.3, 0.4) is 0 Å². The lowest BCUT2D eigenvalue weighted by atomic mass is 9.97. The second-order valence-electron chi connectivity index (χ2n) is 7.71. The summed E-state index contributed by atoms with van der Waals surface area (Å²) in [5, 5.41) is 9.28. The third-order valence-corrected chi connectivity index (χ3v) is 5.87. The Morgan fingerprint density at radius 3 is 2.78 bits per heavy atom. The van der Waals surface area contributed by atoms with E-state index in [1.807, 2.05) is 13.0 Å². The molecule has 0 radical (unpaired) electrons. The molecule has 2 heterocycles. The number of benzene rings is 1. The molecule has 2 aliphatic rings. The number of hydrogen-bond donors (Lipinski definition) is 3. The molecule has 1 aromatic heterocycles. The van der Waals surface area contributed by atoms with Gasteiger partial charge < -0.3 is 16.4 Å². The second-order valence-corrected chi connectivity index (χ2v) is 7.71. The summed E-state index contributed by atoms with van der Waals surface area (Å²) in [5.41, 5.74) is 14.4. The van der Waals surface area contributed by atoms with E-state index in [0.717, 1.165) is 43.6 Å². The maximum atomic E-state index is 12.5. The van der Waals surface area contributed by atoms with Gasteiger partial charge in [0.25, 0.3) is 5.56 Å². The first-order valence-corrected chi connectivity index (χ1v) is 9.37. The minimum absolute atomic E-state index is 0.126. The first-order chi connectivity index (χ1) is 12.9. The Morgan fingerprint density at radius 2 is 2.11 bits per heavy atom. The standard InChI is InChI=1S/C19H24N6O2/c1-10-15(24-7-5-11(9-24)13(21)4-6-20)8-14(22)16-17(10)25(12-2-3-12)19(27)23-18(16)26/h8,11-13H,2-5,7,9,21-22H2,1H3,(H,23,26,27). The molecule has 0 bridgehead atoms. The monoisotopic (exact) mass is 368 g/mol. The average Bonchev–Trinajstić information content (AvgIpc) is 3.32. The number of nitrogen functional groups attached to an aromatic ring is 1. The molecule has 1 aliphatic heterocycles. The van der Waals surface area contributed by atoms with Gasteiger partial charge in [0, 0.05) is 36.5 Å². The zero-order chi connectivity index (χ0) is 19.3. The highest BCUT2D eigenvalue weighted by atomic mass is 16.2. The normalized spacial score (nSPS) is 20.8. The third kappa shape index (κ3) is 2.88. The van der Waals surface area contributed by atoms with Crippen molar-refractivity contribution < 1.29 is 0 Å². The van der Waals surface area contributed by atoms with Gasteiger partial charge in [0.2, 0.25) is 0 Å². The first kappa shape index (κ1) is 17.6. The van der Waals surface area contributed by atoms with E-state index >= 15 is 0 Å². The van der Waals surface area contributed by atoms with Crippen molar-refractivity contribution in [2.45, 2.75) is 44.7 Å². The maximum Gasteiger partial charge on any atom is 0.329 e. The minimum Gasteiger partial charge on any atom is -0.398 e. The van der Waals surface area contributed by atoms with Gasteiger partial charge >= 0.3 is 5.69 Å². The molecule has 1 saturated carbocycles. The molecule has 5 N–H and O–H groups in total. The van der Waals surface area contributed by atoms with Crippen molar-refractivity contribution in [1.29, 1.82) is 5.26 Å². The number of rotatable bonds is 4. The van der Waals surface area contributed by atoms with Crippen LogP contribution in [0, 0.1) is 24.2 Å². The molecule has 2 unspecified atom stereocenters. The van der Waals surface area contributed by atoms with Crippen molar-refractivity contribution in [2.75, 3.05) is 23.7 Å². The fraction of sp³-hybridized carbons (Fsp3) is 0.526. The van der Waals surface area contributed by atoms with Gasteiger partial charge in [0.1, 0.15) is 0 Å².